The van der Waals surface area contributed by atoms with E-state index in [9.17, 15) is 4.79 Å². The molecule has 0 aromatic heterocycles. The lowest BCUT2D eigenvalue weighted by Gasteiger charge is -2.16. The second kappa shape index (κ2) is 6.98. The van der Waals surface area contributed by atoms with Gasteiger partial charge in [0.25, 0.3) is 0 Å². The number of nitrogens with two attached hydrogens (primary N) is 1. The van der Waals surface area contributed by atoms with Gasteiger partial charge in [0.1, 0.15) is 5.75 Å². The Morgan fingerprint density at radius 2 is 2.22 bits per heavy atom. The van der Waals surface area contributed by atoms with E-state index in [1.807, 2.05) is 37.1 Å². The van der Waals surface area contributed by atoms with Crippen molar-refractivity contribution in [2.24, 2.45) is 5.73 Å². The van der Waals surface area contributed by atoms with Crippen molar-refractivity contribution in [3.63, 3.8) is 0 Å². The molecule has 3 N–H and O–H groups in total. The summed E-state index contributed by atoms with van der Waals surface area (Å²) in [4.78, 5) is 13.7. The molecule has 0 heterocycles. The van der Waals surface area contributed by atoms with E-state index in [0.29, 0.717) is 31.1 Å². The van der Waals surface area contributed by atoms with Crippen molar-refractivity contribution in [3.05, 3.63) is 23.8 Å². The van der Waals surface area contributed by atoms with Gasteiger partial charge in [-0.1, -0.05) is 6.07 Å². The Morgan fingerprint density at radius 1 is 1.50 bits per heavy atom. The first kappa shape index (κ1) is 14.5. The quantitative estimate of drug-likeness (QED) is 0.786. The Bertz CT molecular complexity index is 407. The fraction of sp³-hybridized carbons (Fsp3) is 0.462. The zero-order chi connectivity index (χ0) is 13.5. The van der Waals surface area contributed by atoms with E-state index in [1.54, 1.807) is 7.11 Å². The molecule has 0 aliphatic rings. The maximum absolute atomic E-state index is 11.8. The van der Waals surface area contributed by atoms with Crippen LogP contribution >= 0.6 is 0 Å². The number of ether oxygens (including phenoxy) is 1. The summed E-state index contributed by atoms with van der Waals surface area (Å²) < 4.78 is 5.21. The lowest BCUT2D eigenvalue weighted by molar-refractivity contribution is -0.117. The minimum Gasteiger partial charge on any atom is -0.495 e. The topological polar surface area (TPSA) is 67.6 Å². The lowest BCUT2D eigenvalue weighted by Crippen LogP contribution is -2.33. The highest BCUT2D eigenvalue weighted by atomic mass is 16.5. The van der Waals surface area contributed by atoms with Crippen molar-refractivity contribution < 1.29 is 9.53 Å². The number of hydrogen-bond acceptors (Lipinski definition) is 4. The zero-order valence-electron chi connectivity index (χ0n) is 11.2. The van der Waals surface area contributed by atoms with E-state index >= 15 is 0 Å². The molecule has 0 radical (unpaired) electrons. The molecule has 0 unspecified atom stereocenters. The number of nitrogens with zero attached hydrogens (tertiary/aromatic N) is 1. The maximum atomic E-state index is 11.8. The first-order chi connectivity index (χ1) is 8.56. The van der Waals surface area contributed by atoms with Gasteiger partial charge in [0.15, 0.2) is 0 Å². The lowest BCUT2D eigenvalue weighted by atomic mass is 10.2. The van der Waals surface area contributed by atoms with Crippen LogP contribution in [0.1, 0.15) is 5.56 Å². The molecule has 18 heavy (non-hydrogen) atoms. The molecule has 0 aliphatic carbocycles. The van der Waals surface area contributed by atoms with Crippen LogP contribution in [0.15, 0.2) is 18.2 Å². The van der Waals surface area contributed by atoms with E-state index < -0.39 is 0 Å². The highest BCUT2D eigenvalue weighted by Crippen LogP contribution is 2.24. The standard InChI is InChI=1S/C13H21N3O2/c1-10-4-5-12(18-3)11(8-10)15-13(17)9-16(2)7-6-14/h4-5,8H,6-7,9,14H2,1-3H3,(H,15,17). The zero-order valence-corrected chi connectivity index (χ0v) is 11.2. The number of anilines is 1. The number of nitrogens with one attached hydrogen (secondary N) is 1. The summed E-state index contributed by atoms with van der Waals surface area (Å²) in [7, 11) is 3.45. The summed E-state index contributed by atoms with van der Waals surface area (Å²) >= 11 is 0. The Balaban J connectivity index is 2.66. The van der Waals surface area contributed by atoms with Crippen molar-refractivity contribution in [2.45, 2.75) is 6.92 Å². The molecule has 0 aliphatic heterocycles. The van der Waals surface area contributed by atoms with Crippen molar-refractivity contribution in [3.8, 4) is 5.75 Å². The average Bonchev–Trinajstić information content (AvgIpc) is 2.29. The summed E-state index contributed by atoms with van der Waals surface area (Å²) in [6.07, 6.45) is 0. The number of hydrogen-bond donors (Lipinski definition) is 2. The SMILES string of the molecule is COc1ccc(C)cc1NC(=O)CN(C)CCN. The Morgan fingerprint density at radius 3 is 2.83 bits per heavy atom. The van der Waals surface area contributed by atoms with Crippen LogP contribution in [0.3, 0.4) is 0 Å². The van der Waals surface area contributed by atoms with Gasteiger partial charge in [0.2, 0.25) is 5.91 Å². The summed E-state index contributed by atoms with van der Waals surface area (Å²) in [6, 6.07) is 5.67. The smallest absolute Gasteiger partial charge is 0.238 e. The van der Waals surface area contributed by atoms with E-state index in [-0.39, 0.29) is 5.91 Å². The molecule has 0 saturated heterocycles. The van der Waals surface area contributed by atoms with Gasteiger partial charge in [-0.05, 0) is 31.7 Å². The van der Waals surface area contributed by atoms with Crippen LogP contribution in [0.25, 0.3) is 0 Å². The molecular formula is C13H21N3O2. The number of likely N-dealkylation sites (N-methyl/N-ethyl adjacent to an activating group) is 1. The first-order valence-corrected chi connectivity index (χ1v) is 5.90. The molecule has 0 bridgehead atoms. The molecule has 1 aromatic carbocycles. The monoisotopic (exact) mass is 251 g/mol. The van der Waals surface area contributed by atoms with Gasteiger partial charge in [0, 0.05) is 13.1 Å². The molecule has 1 amide bonds. The largest absolute Gasteiger partial charge is 0.495 e. The van der Waals surface area contributed by atoms with Gasteiger partial charge in [-0.15, -0.1) is 0 Å². The summed E-state index contributed by atoms with van der Waals surface area (Å²) in [5, 5.41) is 2.85. The van der Waals surface area contributed by atoms with E-state index in [1.165, 1.54) is 0 Å². The molecule has 1 rings (SSSR count). The molecule has 0 fully saturated rings. The maximum Gasteiger partial charge on any atom is 0.238 e. The third kappa shape index (κ3) is 4.35. The number of rotatable bonds is 6. The normalized spacial score (nSPS) is 10.5. The molecule has 0 spiro atoms. The van der Waals surface area contributed by atoms with Crippen LogP contribution in [0.5, 0.6) is 5.75 Å². The second-order valence-electron chi connectivity index (χ2n) is 4.28. The first-order valence-electron chi connectivity index (χ1n) is 5.90. The van der Waals surface area contributed by atoms with Crippen molar-refractivity contribution in [1.29, 1.82) is 0 Å². The molecule has 1 aromatic rings. The number of benzene rings is 1. The van der Waals surface area contributed by atoms with Gasteiger partial charge in [-0.25, -0.2) is 0 Å². The van der Waals surface area contributed by atoms with Crippen LogP contribution in [-0.4, -0.2) is 44.6 Å². The molecule has 0 saturated carbocycles. The predicted molar refractivity (Wildman–Crippen MR) is 72.9 cm³/mol. The van der Waals surface area contributed by atoms with E-state index in [0.717, 1.165) is 5.56 Å². The molecule has 5 heteroatoms. The average molecular weight is 251 g/mol. The molecular weight excluding hydrogens is 230 g/mol. The number of amides is 1. The Hall–Kier alpha value is -1.59. The van der Waals surface area contributed by atoms with E-state index in [2.05, 4.69) is 5.32 Å². The number of aryl methyl sites for hydroxylation is 1. The summed E-state index contributed by atoms with van der Waals surface area (Å²) in [5.41, 5.74) is 7.20. The second-order valence-corrected chi connectivity index (χ2v) is 4.28. The fourth-order valence-electron chi connectivity index (χ4n) is 1.65. The molecule has 5 nitrogen and oxygen atoms in total. The highest BCUT2D eigenvalue weighted by molar-refractivity contribution is 5.93. The van der Waals surface area contributed by atoms with Gasteiger partial charge in [-0.2, -0.15) is 0 Å². The highest BCUT2D eigenvalue weighted by Gasteiger charge is 2.09. The van der Waals surface area contributed by atoms with E-state index in [4.69, 9.17) is 10.5 Å². The van der Waals surface area contributed by atoms with Crippen LogP contribution in [-0.2, 0) is 4.79 Å². The third-order valence-electron chi connectivity index (χ3n) is 2.55. The number of carbonyl (C=O) groups excluding carboxylic acids is 1. The minimum absolute atomic E-state index is 0.0742. The van der Waals surface area contributed by atoms with Crippen molar-refractivity contribution >= 4 is 11.6 Å². The fourth-order valence-corrected chi connectivity index (χ4v) is 1.65. The van der Waals surface area contributed by atoms with Crippen molar-refractivity contribution in [2.75, 3.05) is 39.1 Å². The predicted octanol–water partition coefficient (Wildman–Crippen LogP) is 0.833. The van der Waals surface area contributed by atoms with Crippen LogP contribution in [0.4, 0.5) is 5.69 Å². The molecule has 0 atom stereocenters. The third-order valence-corrected chi connectivity index (χ3v) is 2.55. The number of carbonyl (C=O) groups is 1. The van der Waals surface area contributed by atoms with Gasteiger partial charge < -0.3 is 15.8 Å². The van der Waals surface area contributed by atoms with Gasteiger partial charge >= 0.3 is 0 Å². The van der Waals surface area contributed by atoms with Gasteiger partial charge in [-0.3, -0.25) is 9.69 Å². The Labute approximate surface area is 108 Å². The van der Waals surface area contributed by atoms with Crippen LogP contribution < -0.4 is 15.8 Å². The van der Waals surface area contributed by atoms with Crippen molar-refractivity contribution in [1.82, 2.24) is 4.90 Å². The Kier molecular flexibility index (Phi) is 5.61. The minimum atomic E-state index is -0.0742. The number of methoxy groups -OCH3 is 1. The summed E-state index contributed by atoms with van der Waals surface area (Å²) in [5.74, 6) is 0.588. The summed E-state index contributed by atoms with van der Waals surface area (Å²) in [6.45, 7) is 3.51. The van der Waals surface area contributed by atoms with Crippen LogP contribution in [0, 0.1) is 6.92 Å². The van der Waals surface area contributed by atoms with Gasteiger partial charge in [0.05, 0.1) is 19.3 Å². The molecule has 100 valence electrons. The van der Waals surface area contributed by atoms with Crippen LogP contribution in [0.2, 0.25) is 0 Å².